The zero-order chi connectivity index (χ0) is 17.2. The maximum Gasteiger partial charge on any atom is 0.193 e. The van der Waals surface area contributed by atoms with Gasteiger partial charge in [-0.25, -0.2) is 0 Å². The number of likely N-dealkylation sites (N-methyl/N-ethyl adjacent to an activating group) is 1. The van der Waals surface area contributed by atoms with Gasteiger partial charge in [0.05, 0.1) is 18.2 Å². The van der Waals surface area contributed by atoms with Crippen molar-refractivity contribution in [1.82, 2.24) is 10.2 Å². The fourth-order valence-electron chi connectivity index (χ4n) is 2.24. The molecule has 0 amide bonds. The Balaban J connectivity index is 1.81. The van der Waals surface area contributed by atoms with Crippen LogP contribution in [-0.2, 0) is 6.54 Å². The molecular formula is C19H22N4O. The lowest BCUT2D eigenvalue weighted by Crippen LogP contribution is -2.40. The van der Waals surface area contributed by atoms with E-state index in [1.807, 2.05) is 60.5 Å². The van der Waals surface area contributed by atoms with Crippen molar-refractivity contribution in [2.24, 2.45) is 4.99 Å². The number of hydrogen-bond acceptors (Lipinski definition) is 3. The van der Waals surface area contributed by atoms with Gasteiger partial charge in [0.1, 0.15) is 12.4 Å². The largest absolute Gasteiger partial charge is 0.492 e. The molecule has 1 N–H and O–H groups in total. The summed E-state index contributed by atoms with van der Waals surface area (Å²) in [5.74, 6) is 1.65. The van der Waals surface area contributed by atoms with Gasteiger partial charge in [-0.2, -0.15) is 5.26 Å². The second-order valence-electron chi connectivity index (χ2n) is 5.30. The summed E-state index contributed by atoms with van der Waals surface area (Å²) in [4.78, 5) is 6.29. The van der Waals surface area contributed by atoms with Crippen LogP contribution in [0.15, 0.2) is 59.6 Å². The van der Waals surface area contributed by atoms with Crippen LogP contribution in [0.2, 0.25) is 0 Å². The number of rotatable bonds is 6. The fourth-order valence-corrected chi connectivity index (χ4v) is 2.24. The Bertz CT molecular complexity index is 707. The van der Waals surface area contributed by atoms with Crippen LogP contribution in [0.4, 0.5) is 0 Å². The van der Waals surface area contributed by atoms with E-state index in [4.69, 9.17) is 10.00 Å². The van der Waals surface area contributed by atoms with Gasteiger partial charge in [-0.3, -0.25) is 4.99 Å². The van der Waals surface area contributed by atoms with Crippen LogP contribution in [0.5, 0.6) is 5.75 Å². The van der Waals surface area contributed by atoms with Gasteiger partial charge in [0, 0.05) is 20.6 Å². The van der Waals surface area contributed by atoms with Gasteiger partial charge < -0.3 is 15.0 Å². The highest BCUT2D eigenvalue weighted by Crippen LogP contribution is 2.08. The first-order valence-corrected chi connectivity index (χ1v) is 7.81. The molecule has 0 heterocycles. The number of ether oxygens (including phenoxy) is 1. The number of nitriles is 1. The predicted molar refractivity (Wildman–Crippen MR) is 95.9 cm³/mol. The zero-order valence-corrected chi connectivity index (χ0v) is 14.1. The third kappa shape index (κ3) is 5.33. The van der Waals surface area contributed by atoms with E-state index < -0.39 is 0 Å². The number of guanidine groups is 1. The molecular weight excluding hydrogens is 300 g/mol. The normalized spacial score (nSPS) is 10.8. The molecule has 0 atom stereocenters. The molecule has 0 radical (unpaired) electrons. The van der Waals surface area contributed by atoms with E-state index in [0.29, 0.717) is 25.3 Å². The molecule has 0 spiro atoms. The molecule has 2 rings (SSSR count). The predicted octanol–water partition coefficient (Wildman–Crippen LogP) is 2.64. The molecule has 0 bridgehead atoms. The highest BCUT2D eigenvalue weighted by molar-refractivity contribution is 5.79. The van der Waals surface area contributed by atoms with Crippen molar-refractivity contribution in [3.63, 3.8) is 0 Å². The number of para-hydroxylation sites is 1. The summed E-state index contributed by atoms with van der Waals surface area (Å²) in [5.41, 5.74) is 1.71. The Labute approximate surface area is 143 Å². The number of nitrogens with one attached hydrogen (secondary N) is 1. The molecule has 0 unspecified atom stereocenters. The Morgan fingerprint density at radius 3 is 2.71 bits per heavy atom. The maximum atomic E-state index is 8.95. The monoisotopic (exact) mass is 322 g/mol. The average Bonchev–Trinajstić information content (AvgIpc) is 2.63. The standard InChI is InChI=1S/C19H22N4O/c1-21-19(22-15-17-8-6-7-16(13-17)14-20)23(2)11-12-24-18-9-4-3-5-10-18/h3-10,13H,11-12,15H2,1-2H3,(H,21,22). The molecule has 0 saturated heterocycles. The highest BCUT2D eigenvalue weighted by atomic mass is 16.5. The Kier molecular flexibility index (Phi) is 6.66. The van der Waals surface area contributed by atoms with E-state index in [1.54, 1.807) is 13.1 Å². The minimum Gasteiger partial charge on any atom is -0.492 e. The molecule has 0 aliphatic rings. The van der Waals surface area contributed by atoms with Gasteiger partial charge >= 0.3 is 0 Å². The van der Waals surface area contributed by atoms with Gasteiger partial charge in [0.25, 0.3) is 0 Å². The first-order valence-electron chi connectivity index (χ1n) is 7.81. The lowest BCUT2D eigenvalue weighted by molar-refractivity contribution is 0.281. The van der Waals surface area contributed by atoms with Crippen LogP contribution in [-0.4, -0.2) is 38.1 Å². The second-order valence-corrected chi connectivity index (χ2v) is 5.30. The third-order valence-corrected chi connectivity index (χ3v) is 3.52. The number of aliphatic imine (C=N–C) groups is 1. The summed E-state index contributed by atoms with van der Waals surface area (Å²) >= 11 is 0. The lowest BCUT2D eigenvalue weighted by Gasteiger charge is -2.22. The molecule has 124 valence electrons. The van der Waals surface area contributed by atoms with E-state index in [1.165, 1.54) is 0 Å². The molecule has 2 aromatic carbocycles. The van der Waals surface area contributed by atoms with Crippen molar-refractivity contribution in [3.8, 4) is 11.8 Å². The lowest BCUT2D eigenvalue weighted by atomic mass is 10.1. The summed E-state index contributed by atoms with van der Waals surface area (Å²) < 4.78 is 5.70. The van der Waals surface area contributed by atoms with Crippen LogP contribution >= 0.6 is 0 Å². The van der Waals surface area contributed by atoms with E-state index in [0.717, 1.165) is 17.3 Å². The van der Waals surface area contributed by atoms with Crippen LogP contribution in [0.25, 0.3) is 0 Å². The quantitative estimate of drug-likeness (QED) is 0.656. The average molecular weight is 322 g/mol. The van der Waals surface area contributed by atoms with Gasteiger partial charge in [0.2, 0.25) is 0 Å². The van der Waals surface area contributed by atoms with Gasteiger partial charge in [-0.1, -0.05) is 30.3 Å². The molecule has 0 aliphatic heterocycles. The first-order chi connectivity index (χ1) is 11.7. The summed E-state index contributed by atoms with van der Waals surface area (Å²) in [7, 11) is 3.72. The summed E-state index contributed by atoms with van der Waals surface area (Å²) in [6.07, 6.45) is 0. The van der Waals surface area contributed by atoms with Gasteiger partial charge in [-0.15, -0.1) is 0 Å². The van der Waals surface area contributed by atoms with Crippen molar-refractivity contribution < 1.29 is 4.74 Å². The van der Waals surface area contributed by atoms with Crippen LogP contribution in [0.3, 0.4) is 0 Å². The molecule has 0 aliphatic carbocycles. The van der Waals surface area contributed by atoms with Crippen molar-refractivity contribution in [1.29, 1.82) is 5.26 Å². The Morgan fingerprint density at radius 1 is 1.21 bits per heavy atom. The molecule has 5 heteroatoms. The number of benzene rings is 2. The molecule has 2 aromatic rings. The van der Waals surface area contributed by atoms with Crippen LogP contribution in [0.1, 0.15) is 11.1 Å². The number of hydrogen-bond donors (Lipinski definition) is 1. The van der Waals surface area contributed by atoms with Gasteiger partial charge in [0.15, 0.2) is 5.96 Å². The molecule has 0 fully saturated rings. The minimum atomic E-state index is 0.575. The van der Waals surface area contributed by atoms with Crippen molar-refractivity contribution in [2.75, 3.05) is 27.2 Å². The smallest absolute Gasteiger partial charge is 0.193 e. The molecule has 24 heavy (non-hydrogen) atoms. The van der Waals surface area contributed by atoms with Crippen LogP contribution in [0, 0.1) is 11.3 Å². The summed E-state index contributed by atoms with van der Waals surface area (Å²) in [6, 6.07) is 19.4. The Hall–Kier alpha value is -3.00. The molecule has 5 nitrogen and oxygen atoms in total. The van der Waals surface area contributed by atoms with Crippen molar-refractivity contribution >= 4 is 5.96 Å². The molecule has 0 aromatic heterocycles. The summed E-state index contributed by atoms with van der Waals surface area (Å²) in [5, 5.41) is 12.2. The Morgan fingerprint density at radius 2 is 2.00 bits per heavy atom. The van der Waals surface area contributed by atoms with Crippen LogP contribution < -0.4 is 10.1 Å². The topological polar surface area (TPSA) is 60.7 Å². The van der Waals surface area contributed by atoms with E-state index in [2.05, 4.69) is 16.4 Å². The summed E-state index contributed by atoms with van der Waals surface area (Å²) in [6.45, 7) is 1.91. The maximum absolute atomic E-state index is 8.95. The SMILES string of the molecule is CN=C(NCc1cccc(C#N)c1)N(C)CCOc1ccccc1. The van der Waals surface area contributed by atoms with Gasteiger partial charge in [-0.05, 0) is 29.8 Å². The van der Waals surface area contributed by atoms with Crippen molar-refractivity contribution in [2.45, 2.75) is 6.54 Å². The van der Waals surface area contributed by atoms with E-state index >= 15 is 0 Å². The van der Waals surface area contributed by atoms with Crippen molar-refractivity contribution in [3.05, 3.63) is 65.7 Å². The highest BCUT2D eigenvalue weighted by Gasteiger charge is 2.06. The minimum absolute atomic E-state index is 0.575. The first kappa shape index (κ1) is 17.4. The third-order valence-electron chi connectivity index (χ3n) is 3.52. The zero-order valence-electron chi connectivity index (χ0n) is 14.1. The number of nitrogens with zero attached hydrogens (tertiary/aromatic N) is 3. The second kappa shape index (κ2) is 9.21. The molecule has 0 saturated carbocycles. The fraction of sp³-hybridized carbons (Fsp3) is 0.263. The van der Waals surface area contributed by atoms with E-state index in [9.17, 15) is 0 Å². The van der Waals surface area contributed by atoms with E-state index in [-0.39, 0.29) is 0 Å².